The molecule has 0 radical (unpaired) electrons. The lowest BCUT2D eigenvalue weighted by molar-refractivity contribution is -0.389. The third-order valence-corrected chi connectivity index (χ3v) is 15.2. The Morgan fingerprint density at radius 3 is 1.05 bits per heavy atom. The fourth-order valence-corrected chi connectivity index (χ4v) is 10.6. The molecule has 36 heteroatoms. The van der Waals surface area contributed by atoms with E-state index in [0.29, 0.717) is 0 Å². The van der Waals surface area contributed by atoms with Crippen molar-refractivity contribution in [2.45, 2.75) is 243 Å². The molecule has 0 aromatic carbocycles. The first-order valence-electron chi connectivity index (χ1n) is 26.3. The van der Waals surface area contributed by atoms with Crippen molar-refractivity contribution in [3.05, 3.63) is 0 Å². The fraction of sp³-hybridized carbons (Fsp3) is 0.957. The lowest BCUT2D eigenvalue weighted by Crippen LogP contribution is -2.71. The van der Waals surface area contributed by atoms with E-state index in [-0.39, 0.29) is 0 Å². The SMILES string of the molecule is CC(=O)NC1C(OCC2OC(O)C(OC3OC(CO)C(OC4OC(CO)[C@H](O)[C@H](O)C4O)[C@H](OC4OC(C)C(O)C(O)C4O)C3NC(C)=O)[C@@H](O)C2O)OC(CO)C(OC2OC(CO)[C@H](O)[C@H](O)C2O)[C@@H]1OC1OC(C)C(O)C(O)C1O. The second-order valence-electron chi connectivity index (χ2n) is 21.0. The minimum absolute atomic E-state index is 0.836. The van der Waals surface area contributed by atoms with Crippen LogP contribution in [0, 0.1) is 0 Å². The molecule has 7 aliphatic rings. The van der Waals surface area contributed by atoms with E-state index in [9.17, 15) is 107 Å². The van der Waals surface area contributed by atoms with E-state index in [1.807, 2.05) is 0 Å². The fourth-order valence-electron chi connectivity index (χ4n) is 10.6. The van der Waals surface area contributed by atoms with E-state index >= 15 is 0 Å². The molecule has 0 spiro atoms. The number of amides is 2. The lowest BCUT2D eigenvalue weighted by Gasteiger charge is -2.51. The molecule has 28 unspecified atom stereocenters. The molecule has 0 aromatic heterocycles. The molecule has 0 aliphatic carbocycles. The molecule has 82 heavy (non-hydrogen) atoms. The largest absolute Gasteiger partial charge is 0.394 e. The van der Waals surface area contributed by atoms with Crippen molar-refractivity contribution in [2.75, 3.05) is 33.0 Å². The molecule has 36 nitrogen and oxygen atoms in total. The minimum Gasteiger partial charge on any atom is -0.394 e. The van der Waals surface area contributed by atoms with Crippen LogP contribution in [-0.2, 0) is 71.2 Å². The van der Waals surface area contributed by atoms with Crippen LogP contribution in [0.25, 0.3) is 0 Å². The standard InChI is InChI=1S/C46H78N2O34/c1-10-21(55)26(60)31(65)43(71-10)80-37-19(47-12(3)53)41(76-16(7-51)35(37)78-45-33(67)28(62)23(57)14(5-49)74-45)70-9-18-25(59)30(64)39(40(69)73-18)82-42-20(48-13(4)54)38(81-44-32(66)27(61)22(56)11(2)72-44)36(17(8-52)77-42)79-46-34(68)29(63)24(58)15(6-50)75-46/h10-11,14-46,49-52,55-69H,5-9H2,1-4H3,(H,47,53)(H,48,54)/t10?,11?,14?,15?,16?,17?,18?,19?,20?,21?,22?,23-,24-,25?,26?,27?,28-,29-,30-,31?,32?,33?,34?,35?,36?,37+,38+,39?,40?,41?,42?,43?,44?,45?,46?/m0/s1. The van der Waals surface area contributed by atoms with Gasteiger partial charge in [0.15, 0.2) is 44.0 Å². The number of aliphatic hydroxyl groups excluding tert-OH is 19. The molecule has 476 valence electrons. The third kappa shape index (κ3) is 14.3. The quantitative estimate of drug-likeness (QED) is 0.0571. The number of nitrogens with one attached hydrogen (secondary N) is 2. The Balaban J connectivity index is 1.13. The van der Waals surface area contributed by atoms with Gasteiger partial charge in [-0.3, -0.25) is 9.59 Å². The first kappa shape index (κ1) is 67.2. The van der Waals surface area contributed by atoms with Gasteiger partial charge in [-0.05, 0) is 13.8 Å². The van der Waals surface area contributed by atoms with Gasteiger partial charge in [0.1, 0.15) is 159 Å². The number of hydrogen-bond acceptors (Lipinski definition) is 34. The molecule has 7 rings (SSSR count). The summed E-state index contributed by atoms with van der Waals surface area (Å²) in [6, 6.07) is -3.51. The van der Waals surface area contributed by atoms with Gasteiger partial charge in [0.2, 0.25) is 11.8 Å². The molecule has 0 bridgehead atoms. The van der Waals surface area contributed by atoms with Crippen LogP contribution >= 0.6 is 0 Å². The lowest BCUT2D eigenvalue weighted by atomic mass is 9.93. The van der Waals surface area contributed by atoms with Gasteiger partial charge >= 0.3 is 0 Å². The minimum atomic E-state index is -2.31. The predicted molar refractivity (Wildman–Crippen MR) is 252 cm³/mol. The van der Waals surface area contributed by atoms with Crippen molar-refractivity contribution in [1.82, 2.24) is 10.6 Å². The molecule has 2 amide bonds. The molecule has 7 heterocycles. The van der Waals surface area contributed by atoms with Gasteiger partial charge in [-0.2, -0.15) is 0 Å². The Hall–Kier alpha value is -2.34. The maximum atomic E-state index is 13.0. The molecule has 35 atom stereocenters. The number of carbonyl (C=O) groups excluding carboxylic acids is 2. The Morgan fingerprint density at radius 1 is 0.341 bits per heavy atom. The molecule has 7 fully saturated rings. The number of carbonyl (C=O) groups is 2. The predicted octanol–water partition coefficient (Wildman–Crippen LogP) is -13.9. The molecular formula is C46H78N2O34. The molecule has 0 aromatic rings. The number of hydrogen-bond donors (Lipinski definition) is 21. The van der Waals surface area contributed by atoms with Crippen molar-refractivity contribution in [3.8, 4) is 0 Å². The topological polar surface area (TPSA) is 563 Å². The van der Waals surface area contributed by atoms with Crippen LogP contribution in [0.2, 0.25) is 0 Å². The molecule has 7 saturated heterocycles. The average molecular weight is 1200 g/mol. The van der Waals surface area contributed by atoms with E-state index in [1.165, 1.54) is 13.8 Å². The Bertz CT molecular complexity index is 2020. The highest BCUT2D eigenvalue weighted by Gasteiger charge is 2.59. The average Bonchev–Trinajstić information content (AvgIpc) is 2.59. The van der Waals surface area contributed by atoms with Gasteiger partial charge < -0.3 is 169 Å². The second-order valence-corrected chi connectivity index (χ2v) is 21.0. The number of aliphatic hydroxyl groups is 19. The van der Waals surface area contributed by atoms with Crippen LogP contribution in [0.15, 0.2) is 0 Å². The second kappa shape index (κ2) is 28.7. The zero-order chi connectivity index (χ0) is 60.5. The van der Waals surface area contributed by atoms with Crippen molar-refractivity contribution < 1.29 is 168 Å². The van der Waals surface area contributed by atoms with Crippen LogP contribution < -0.4 is 10.6 Å². The molecule has 7 aliphatic heterocycles. The summed E-state index contributed by atoms with van der Waals surface area (Å²) in [4.78, 5) is 25.9. The van der Waals surface area contributed by atoms with Crippen LogP contribution in [0.4, 0.5) is 0 Å². The first-order valence-corrected chi connectivity index (χ1v) is 26.3. The van der Waals surface area contributed by atoms with Crippen LogP contribution in [0.5, 0.6) is 0 Å². The van der Waals surface area contributed by atoms with E-state index < -0.39 is 260 Å². The summed E-state index contributed by atoms with van der Waals surface area (Å²) in [7, 11) is 0. The summed E-state index contributed by atoms with van der Waals surface area (Å²) in [6.07, 6.45) is -61.5. The van der Waals surface area contributed by atoms with Crippen LogP contribution in [-0.4, -0.2) is 357 Å². The van der Waals surface area contributed by atoms with Crippen LogP contribution in [0.1, 0.15) is 27.7 Å². The summed E-state index contributed by atoms with van der Waals surface area (Å²) < 4.78 is 76.2. The van der Waals surface area contributed by atoms with Crippen molar-refractivity contribution >= 4 is 11.8 Å². The normalized spacial score (nSPS) is 51.3. The summed E-state index contributed by atoms with van der Waals surface area (Å²) >= 11 is 0. The Morgan fingerprint density at radius 2 is 0.659 bits per heavy atom. The van der Waals surface area contributed by atoms with Gasteiger partial charge in [-0.25, -0.2) is 0 Å². The zero-order valence-corrected chi connectivity index (χ0v) is 44.4. The van der Waals surface area contributed by atoms with Gasteiger partial charge in [-0.1, -0.05) is 0 Å². The Labute approximate surface area is 465 Å². The first-order chi connectivity index (χ1) is 38.7. The highest BCUT2D eigenvalue weighted by molar-refractivity contribution is 5.73. The molecule has 21 N–H and O–H groups in total. The van der Waals surface area contributed by atoms with Gasteiger partial charge in [0.05, 0.1) is 45.2 Å². The highest BCUT2D eigenvalue weighted by atomic mass is 16.8. The zero-order valence-electron chi connectivity index (χ0n) is 44.4. The van der Waals surface area contributed by atoms with Crippen molar-refractivity contribution in [3.63, 3.8) is 0 Å². The van der Waals surface area contributed by atoms with Gasteiger partial charge in [0, 0.05) is 13.8 Å². The van der Waals surface area contributed by atoms with Crippen molar-refractivity contribution in [1.29, 1.82) is 0 Å². The molecular weight excluding hydrogens is 1120 g/mol. The maximum Gasteiger partial charge on any atom is 0.217 e. The van der Waals surface area contributed by atoms with E-state index in [4.69, 9.17) is 61.6 Å². The van der Waals surface area contributed by atoms with Gasteiger partial charge in [0.25, 0.3) is 0 Å². The van der Waals surface area contributed by atoms with Crippen LogP contribution in [0.3, 0.4) is 0 Å². The maximum absolute atomic E-state index is 13.0. The third-order valence-electron chi connectivity index (χ3n) is 15.2. The summed E-state index contributed by atoms with van der Waals surface area (Å²) in [5, 5.41) is 209. The smallest absolute Gasteiger partial charge is 0.217 e. The monoisotopic (exact) mass is 1200 g/mol. The van der Waals surface area contributed by atoms with E-state index in [1.54, 1.807) is 0 Å². The highest BCUT2D eigenvalue weighted by Crippen LogP contribution is 2.38. The Kier molecular flexibility index (Phi) is 23.5. The molecule has 0 saturated carbocycles. The number of ether oxygens (including phenoxy) is 13. The van der Waals surface area contributed by atoms with Gasteiger partial charge in [-0.15, -0.1) is 0 Å². The summed E-state index contributed by atoms with van der Waals surface area (Å²) in [5.74, 6) is -1.71. The summed E-state index contributed by atoms with van der Waals surface area (Å²) in [5.41, 5.74) is 0. The van der Waals surface area contributed by atoms with E-state index in [2.05, 4.69) is 10.6 Å². The van der Waals surface area contributed by atoms with Crippen molar-refractivity contribution in [2.24, 2.45) is 0 Å². The summed E-state index contributed by atoms with van der Waals surface area (Å²) in [6.45, 7) is -0.183. The number of rotatable bonds is 19. The van der Waals surface area contributed by atoms with E-state index in [0.717, 1.165) is 13.8 Å².